The van der Waals surface area contributed by atoms with E-state index in [9.17, 15) is 0 Å². The Kier molecular flexibility index (Phi) is 3.39. The summed E-state index contributed by atoms with van der Waals surface area (Å²) in [4.78, 5) is 4.39. The fourth-order valence-electron chi connectivity index (χ4n) is 1.54. The Balaban J connectivity index is 2.25. The van der Waals surface area contributed by atoms with E-state index in [-0.39, 0.29) is 0 Å². The number of hydrogen-bond donors (Lipinski definition) is 1. The summed E-state index contributed by atoms with van der Waals surface area (Å²) < 4.78 is 7.32. The van der Waals surface area contributed by atoms with Gasteiger partial charge in [0.25, 0.3) is 0 Å². The second-order valence-electron chi connectivity index (χ2n) is 3.81. The highest BCUT2D eigenvalue weighted by molar-refractivity contribution is 5.28. The lowest BCUT2D eigenvalue weighted by atomic mass is 10.2. The van der Waals surface area contributed by atoms with Gasteiger partial charge in [-0.1, -0.05) is 6.92 Å². The van der Waals surface area contributed by atoms with Crippen LogP contribution in [-0.2, 0) is 20.0 Å². The second-order valence-corrected chi connectivity index (χ2v) is 3.81. The van der Waals surface area contributed by atoms with Crippen LogP contribution in [0, 0.1) is 0 Å². The van der Waals surface area contributed by atoms with Gasteiger partial charge in [0, 0.05) is 25.4 Å². The van der Waals surface area contributed by atoms with Crippen molar-refractivity contribution in [1.29, 1.82) is 0 Å². The smallest absolute Gasteiger partial charge is 0.219 e. The monoisotopic (exact) mass is 232 g/mol. The topological polar surface area (TPSA) is 66.0 Å². The molecular weight excluding hydrogens is 216 g/mol. The molecule has 0 saturated carbocycles. The van der Waals surface area contributed by atoms with Crippen LogP contribution in [0.2, 0.25) is 0 Å². The van der Waals surface area contributed by atoms with Crippen molar-refractivity contribution in [3.63, 3.8) is 0 Å². The van der Waals surface area contributed by atoms with E-state index >= 15 is 0 Å². The molecule has 0 spiro atoms. The first-order valence-electron chi connectivity index (χ1n) is 5.57. The predicted molar refractivity (Wildman–Crippen MR) is 64.8 cm³/mol. The zero-order valence-corrected chi connectivity index (χ0v) is 10.1. The zero-order chi connectivity index (χ0) is 12.3. The minimum atomic E-state index is 0.485. The lowest BCUT2D eigenvalue weighted by Gasteiger charge is -2.06. The standard InChI is InChI=1S/C12H16N4O/c1-3-10-4-9(6-13)5-12(15-10)17-11-7-14-16(2)8-11/h4-5,7-8H,3,6,13H2,1-2H3. The number of nitrogens with zero attached hydrogens (tertiary/aromatic N) is 3. The lowest BCUT2D eigenvalue weighted by Crippen LogP contribution is -2.00. The van der Waals surface area contributed by atoms with Crippen LogP contribution in [0.15, 0.2) is 24.5 Å². The molecular formula is C12H16N4O. The maximum atomic E-state index is 5.64. The normalized spacial score (nSPS) is 10.5. The number of aryl methyl sites for hydroxylation is 2. The third kappa shape index (κ3) is 2.82. The van der Waals surface area contributed by atoms with Crippen LogP contribution in [-0.4, -0.2) is 14.8 Å². The molecule has 0 saturated heterocycles. The summed E-state index contributed by atoms with van der Waals surface area (Å²) >= 11 is 0. The first kappa shape index (κ1) is 11.6. The van der Waals surface area contributed by atoms with Gasteiger partial charge in [-0.15, -0.1) is 0 Å². The molecule has 0 aliphatic carbocycles. The van der Waals surface area contributed by atoms with E-state index in [0.717, 1.165) is 17.7 Å². The van der Waals surface area contributed by atoms with Gasteiger partial charge < -0.3 is 10.5 Å². The van der Waals surface area contributed by atoms with Gasteiger partial charge in [-0.05, 0) is 18.1 Å². The van der Waals surface area contributed by atoms with Crippen molar-refractivity contribution < 1.29 is 4.74 Å². The third-order valence-electron chi connectivity index (χ3n) is 2.42. The van der Waals surface area contributed by atoms with Crippen molar-refractivity contribution in [2.24, 2.45) is 12.8 Å². The van der Waals surface area contributed by atoms with E-state index in [1.165, 1.54) is 0 Å². The summed E-state index contributed by atoms with van der Waals surface area (Å²) in [6.07, 6.45) is 4.31. The zero-order valence-electron chi connectivity index (χ0n) is 10.1. The van der Waals surface area contributed by atoms with Crippen molar-refractivity contribution in [3.05, 3.63) is 35.8 Å². The van der Waals surface area contributed by atoms with Crippen LogP contribution in [0.5, 0.6) is 11.6 Å². The van der Waals surface area contributed by atoms with Crippen LogP contribution < -0.4 is 10.5 Å². The minimum Gasteiger partial charge on any atom is -0.436 e. The Labute approximate surface area is 100 Å². The Morgan fingerprint density at radius 2 is 2.24 bits per heavy atom. The summed E-state index contributed by atoms with van der Waals surface area (Å²) in [5, 5.41) is 4.04. The van der Waals surface area contributed by atoms with E-state index in [4.69, 9.17) is 10.5 Å². The Morgan fingerprint density at radius 1 is 1.41 bits per heavy atom. The van der Waals surface area contributed by atoms with E-state index in [2.05, 4.69) is 17.0 Å². The number of ether oxygens (including phenoxy) is 1. The van der Waals surface area contributed by atoms with Crippen molar-refractivity contribution in [2.75, 3.05) is 0 Å². The molecule has 90 valence electrons. The van der Waals surface area contributed by atoms with Gasteiger partial charge in [0.2, 0.25) is 5.88 Å². The summed E-state index contributed by atoms with van der Waals surface area (Å²) in [6.45, 7) is 2.54. The molecule has 0 aliphatic heterocycles. The van der Waals surface area contributed by atoms with Crippen LogP contribution in [0.3, 0.4) is 0 Å². The molecule has 5 heteroatoms. The largest absolute Gasteiger partial charge is 0.436 e. The summed E-state index contributed by atoms with van der Waals surface area (Å²) in [5.41, 5.74) is 7.64. The van der Waals surface area contributed by atoms with Gasteiger partial charge in [-0.25, -0.2) is 4.98 Å². The van der Waals surface area contributed by atoms with Gasteiger partial charge in [-0.2, -0.15) is 5.10 Å². The SMILES string of the molecule is CCc1cc(CN)cc(Oc2cnn(C)c2)n1. The average Bonchev–Trinajstić information content (AvgIpc) is 2.74. The Morgan fingerprint density at radius 3 is 2.82 bits per heavy atom. The third-order valence-corrected chi connectivity index (χ3v) is 2.42. The summed E-state index contributed by atoms with van der Waals surface area (Å²) in [7, 11) is 1.84. The quantitative estimate of drug-likeness (QED) is 0.870. The molecule has 2 N–H and O–H groups in total. The maximum absolute atomic E-state index is 5.64. The molecule has 0 aliphatic rings. The second kappa shape index (κ2) is 4.97. The first-order valence-corrected chi connectivity index (χ1v) is 5.57. The highest BCUT2D eigenvalue weighted by Gasteiger charge is 2.04. The fraction of sp³-hybridized carbons (Fsp3) is 0.333. The molecule has 0 fully saturated rings. The van der Waals surface area contributed by atoms with Crippen LogP contribution in [0.25, 0.3) is 0 Å². The molecule has 2 heterocycles. The molecule has 0 radical (unpaired) electrons. The number of hydrogen-bond acceptors (Lipinski definition) is 4. The number of nitrogens with two attached hydrogens (primary N) is 1. The molecule has 2 rings (SSSR count). The van der Waals surface area contributed by atoms with Crippen molar-refractivity contribution >= 4 is 0 Å². The molecule has 0 atom stereocenters. The van der Waals surface area contributed by atoms with Gasteiger partial charge >= 0.3 is 0 Å². The maximum Gasteiger partial charge on any atom is 0.219 e. The minimum absolute atomic E-state index is 0.485. The molecule has 17 heavy (non-hydrogen) atoms. The molecule has 0 amide bonds. The summed E-state index contributed by atoms with van der Waals surface area (Å²) in [6, 6.07) is 3.85. The van der Waals surface area contributed by atoms with Gasteiger partial charge in [0.15, 0.2) is 5.75 Å². The highest BCUT2D eigenvalue weighted by Crippen LogP contribution is 2.20. The van der Waals surface area contributed by atoms with Crippen LogP contribution in [0.4, 0.5) is 0 Å². The predicted octanol–water partition coefficient (Wildman–Crippen LogP) is 1.63. The Bertz CT molecular complexity index is 485. The average molecular weight is 232 g/mol. The van der Waals surface area contributed by atoms with E-state index in [1.54, 1.807) is 17.1 Å². The number of pyridine rings is 1. The number of aromatic nitrogens is 3. The van der Waals surface area contributed by atoms with E-state index in [1.807, 2.05) is 19.2 Å². The van der Waals surface area contributed by atoms with Crippen molar-refractivity contribution in [1.82, 2.24) is 14.8 Å². The first-order chi connectivity index (χ1) is 8.21. The van der Waals surface area contributed by atoms with E-state index in [0.29, 0.717) is 18.2 Å². The van der Waals surface area contributed by atoms with Crippen LogP contribution in [0.1, 0.15) is 18.2 Å². The van der Waals surface area contributed by atoms with Crippen molar-refractivity contribution in [2.45, 2.75) is 19.9 Å². The van der Waals surface area contributed by atoms with Gasteiger partial charge in [0.05, 0.1) is 12.4 Å². The van der Waals surface area contributed by atoms with Crippen LogP contribution >= 0.6 is 0 Å². The number of rotatable bonds is 4. The molecule has 2 aromatic rings. The van der Waals surface area contributed by atoms with E-state index < -0.39 is 0 Å². The Hall–Kier alpha value is -1.88. The fourth-order valence-corrected chi connectivity index (χ4v) is 1.54. The van der Waals surface area contributed by atoms with Gasteiger partial charge in [0.1, 0.15) is 0 Å². The highest BCUT2D eigenvalue weighted by atomic mass is 16.5. The van der Waals surface area contributed by atoms with Crippen molar-refractivity contribution in [3.8, 4) is 11.6 Å². The molecule has 0 unspecified atom stereocenters. The summed E-state index contributed by atoms with van der Waals surface area (Å²) in [5.74, 6) is 1.24. The molecule has 5 nitrogen and oxygen atoms in total. The molecule has 2 aromatic heterocycles. The lowest BCUT2D eigenvalue weighted by molar-refractivity contribution is 0.459. The molecule has 0 bridgehead atoms. The van der Waals surface area contributed by atoms with Gasteiger partial charge in [-0.3, -0.25) is 4.68 Å². The molecule has 0 aromatic carbocycles.